The molecule has 0 unspecified atom stereocenters. The molecule has 0 spiro atoms. The van der Waals surface area contributed by atoms with Crippen LogP contribution in [0.25, 0.3) is 0 Å². The Kier molecular flexibility index (Phi) is 4.75. The van der Waals surface area contributed by atoms with Crippen LogP contribution >= 0.6 is 0 Å². The SMILES string of the molecule is Cc1ccc(S(C)(=O)=O)cc1C(=O)Nc1cccc(C(N)=O)c1C. The Morgan fingerprint density at radius 3 is 2.29 bits per heavy atom. The molecule has 0 saturated carbocycles. The van der Waals surface area contributed by atoms with Crippen molar-refractivity contribution in [2.45, 2.75) is 18.7 Å². The van der Waals surface area contributed by atoms with Gasteiger partial charge in [0.2, 0.25) is 5.91 Å². The molecule has 2 amide bonds. The van der Waals surface area contributed by atoms with E-state index in [2.05, 4.69) is 5.32 Å². The van der Waals surface area contributed by atoms with Gasteiger partial charge in [0.1, 0.15) is 0 Å². The van der Waals surface area contributed by atoms with E-state index in [9.17, 15) is 18.0 Å². The fourth-order valence-electron chi connectivity index (χ4n) is 2.30. The lowest BCUT2D eigenvalue weighted by atomic mass is 10.0. The molecule has 126 valence electrons. The third kappa shape index (κ3) is 3.62. The van der Waals surface area contributed by atoms with Gasteiger partial charge in [-0.2, -0.15) is 0 Å². The number of primary amides is 1. The highest BCUT2D eigenvalue weighted by Gasteiger charge is 2.16. The normalized spacial score (nSPS) is 11.1. The Bertz CT molecular complexity index is 934. The first-order valence-corrected chi connectivity index (χ1v) is 9.02. The highest BCUT2D eigenvalue weighted by Crippen LogP contribution is 2.21. The van der Waals surface area contributed by atoms with Gasteiger partial charge in [-0.25, -0.2) is 8.42 Å². The predicted molar refractivity (Wildman–Crippen MR) is 91.9 cm³/mol. The average molecular weight is 346 g/mol. The van der Waals surface area contributed by atoms with Crippen molar-refractivity contribution in [2.24, 2.45) is 5.73 Å². The van der Waals surface area contributed by atoms with Gasteiger partial charge in [0.15, 0.2) is 9.84 Å². The number of nitrogens with one attached hydrogen (secondary N) is 1. The van der Waals surface area contributed by atoms with E-state index in [1.165, 1.54) is 12.1 Å². The molecule has 7 heteroatoms. The molecule has 0 radical (unpaired) electrons. The Balaban J connectivity index is 2.41. The molecular weight excluding hydrogens is 328 g/mol. The Morgan fingerprint density at radius 2 is 1.71 bits per heavy atom. The van der Waals surface area contributed by atoms with Crippen molar-refractivity contribution >= 4 is 27.3 Å². The average Bonchev–Trinajstić information content (AvgIpc) is 2.48. The lowest BCUT2D eigenvalue weighted by Gasteiger charge is -2.12. The van der Waals surface area contributed by atoms with Gasteiger partial charge in [0.25, 0.3) is 5.91 Å². The minimum Gasteiger partial charge on any atom is -0.366 e. The van der Waals surface area contributed by atoms with Gasteiger partial charge < -0.3 is 11.1 Å². The first-order valence-electron chi connectivity index (χ1n) is 7.12. The Morgan fingerprint density at radius 1 is 1.04 bits per heavy atom. The number of carbonyl (C=O) groups excluding carboxylic acids is 2. The molecule has 0 fully saturated rings. The highest BCUT2D eigenvalue weighted by atomic mass is 32.2. The van der Waals surface area contributed by atoms with Crippen molar-refractivity contribution in [1.29, 1.82) is 0 Å². The monoisotopic (exact) mass is 346 g/mol. The molecule has 0 atom stereocenters. The zero-order valence-corrected chi connectivity index (χ0v) is 14.4. The van der Waals surface area contributed by atoms with Crippen molar-refractivity contribution in [1.82, 2.24) is 0 Å². The van der Waals surface area contributed by atoms with Crippen LogP contribution in [-0.4, -0.2) is 26.5 Å². The number of hydrogen-bond acceptors (Lipinski definition) is 4. The smallest absolute Gasteiger partial charge is 0.255 e. The molecule has 3 N–H and O–H groups in total. The van der Waals surface area contributed by atoms with Crippen molar-refractivity contribution in [3.05, 3.63) is 58.7 Å². The van der Waals surface area contributed by atoms with Gasteiger partial charge in [-0.1, -0.05) is 12.1 Å². The summed E-state index contributed by atoms with van der Waals surface area (Å²) in [5, 5.41) is 2.70. The summed E-state index contributed by atoms with van der Waals surface area (Å²) in [4.78, 5) is 24.0. The number of hydrogen-bond donors (Lipinski definition) is 2. The van der Waals surface area contributed by atoms with Gasteiger partial charge in [-0.3, -0.25) is 9.59 Å². The lowest BCUT2D eigenvalue weighted by Crippen LogP contribution is -2.17. The summed E-state index contributed by atoms with van der Waals surface area (Å²) in [5.74, 6) is -1.04. The molecule has 0 aliphatic heterocycles. The van der Waals surface area contributed by atoms with Crippen molar-refractivity contribution < 1.29 is 18.0 Å². The standard InChI is InChI=1S/C17H18N2O4S/c1-10-7-8-12(24(3,22)23)9-14(10)17(21)19-15-6-4-5-13(11(15)2)16(18)20/h4-9H,1-3H3,(H2,18,20)(H,19,21). The summed E-state index contributed by atoms with van der Waals surface area (Å²) in [7, 11) is -3.42. The predicted octanol–water partition coefficient (Wildman–Crippen LogP) is 2.06. The van der Waals surface area contributed by atoms with Gasteiger partial charge >= 0.3 is 0 Å². The number of anilines is 1. The van der Waals surface area contributed by atoms with E-state index in [1.807, 2.05) is 0 Å². The van der Waals surface area contributed by atoms with Crippen LogP contribution in [0.1, 0.15) is 31.8 Å². The third-order valence-corrected chi connectivity index (χ3v) is 4.84. The Hall–Kier alpha value is -2.67. The number of carbonyl (C=O) groups is 2. The fraction of sp³-hybridized carbons (Fsp3) is 0.176. The molecule has 0 aliphatic rings. The van der Waals surface area contributed by atoms with Crippen LogP contribution < -0.4 is 11.1 Å². The molecule has 6 nitrogen and oxygen atoms in total. The molecule has 0 aliphatic carbocycles. The minimum absolute atomic E-state index is 0.0702. The van der Waals surface area contributed by atoms with E-state index in [4.69, 9.17) is 5.73 Å². The largest absolute Gasteiger partial charge is 0.366 e. The van der Waals surface area contributed by atoms with Gasteiger partial charge in [0.05, 0.1) is 4.90 Å². The van der Waals surface area contributed by atoms with Crippen molar-refractivity contribution in [3.8, 4) is 0 Å². The first-order chi connectivity index (χ1) is 11.1. The second-order valence-electron chi connectivity index (χ2n) is 5.55. The maximum atomic E-state index is 12.5. The summed E-state index contributed by atoms with van der Waals surface area (Å²) < 4.78 is 23.3. The third-order valence-electron chi connectivity index (χ3n) is 3.73. The fourth-order valence-corrected chi connectivity index (χ4v) is 2.95. The van der Waals surface area contributed by atoms with E-state index in [0.29, 0.717) is 22.4 Å². The maximum Gasteiger partial charge on any atom is 0.255 e. The van der Waals surface area contributed by atoms with Crippen LogP contribution in [0.3, 0.4) is 0 Å². The van der Waals surface area contributed by atoms with E-state index in [0.717, 1.165) is 6.26 Å². The van der Waals surface area contributed by atoms with E-state index in [1.54, 1.807) is 38.1 Å². The summed E-state index contributed by atoms with van der Waals surface area (Å²) in [5.41, 5.74) is 7.50. The van der Waals surface area contributed by atoms with Crippen LogP contribution in [0.4, 0.5) is 5.69 Å². The summed E-state index contributed by atoms with van der Waals surface area (Å²) >= 11 is 0. The number of aryl methyl sites for hydroxylation is 1. The molecule has 0 aromatic heterocycles. The minimum atomic E-state index is -3.42. The molecular formula is C17H18N2O4S. The second kappa shape index (κ2) is 6.45. The number of amides is 2. The van der Waals surface area contributed by atoms with Crippen LogP contribution in [0, 0.1) is 13.8 Å². The van der Waals surface area contributed by atoms with E-state index >= 15 is 0 Å². The van der Waals surface area contributed by atoms with Crippen molar-refractivity contribution in [2.75, 3.05) is 11.6 Å². The molecule has 24 heavy (non-hydrogen) atoms. The quantitative estimate of drug-likeness (QED) is 0.883. The number of benzene rings is 2. The van der Waals surface area contributed by atoms with E-state index < -0.39 is 21.7 Å². The van der Waals surface area contributed by atoms with Crippen LogP contribution in [0.15, 0.2) is 41.3 Å². The zero-order chi connectivity index (χ0) is 18.1. The highest BCUT2D eigenvalue weighted by molar-refractivity contribution is 7.90. The first kappa shape index (κ1) is 17.7. The van der Waals surface area contributed by atoms with Gasteiger partial charge in [-0.05, 0) is 49.2 Å². The zero-order valence-electron chi connectivity index (χ0n) is 13.6. The summed E-state index contributed by atoms with van der Waals surface area (Å²) in [6, 6.07) is 9.21. The van der Waals surface area contributed by atoms with Crippen LogP contribution in [-0.2, 0) is 9.84 Å². The van der Waals surface area contributed by atoms with Gasteiger partial charge in [-0.15, -0.1) is 0 Å². The molecule has 0 heterocycles. The summed E-state index contributed by atoms with van der Waals surface area (Å²) in [6.07, 6.45) is 1.08. The molecule has 0 bridgehead atoms. The van der Waals surface area contributed by atoms with Crippen LogP contribution in [0.2, 0.25) is 0 Å². The van der Waals surface area contributed by atoms with Crippen LogP contribution in [0.5, 0.6) is 0 Å². The molecule has 2 rings (SSSR count). The number of rotatable bonds is 4. The Labute approximate surface area is 140 Å². The lowest BCUT2D eigenvalue weighted by molar-refractivity contribution is 0.0995. The van der Waals surface area contributed by atoms with Gasteiger partial charge in [0, 0.05) is 23.1 Å². The number of nitrogens with two attached hydrogens (primary N) is 1. The van der Waals surface area contributed by atoms with E-state index in [-0.39, 0.29) is 10.5 Å². The second-order valence-corrected chi connectivity index (χ2v) is 7.56. The molecule has 0 saturated heterocycles. The van der Waals surface area contributed by atoms with Crippen molar-refractivity contribution in [3.63, 3.8) is 0 Å². The topological polar surface area (TPSA) is 106 Å². The maximum absolute atomic E-state index is 12.5. The molecule has 2 aromatic carbocycles. The number of sulfone groups is 1. The molecule has 2 aromatic rings. The summed E-state index contributed by atoms with van der Waals surface area (Å²) in [6.45, 7) is 3.39.